The van der Waals surface area contributed by atoms with Crippen LogP contribution in [-0.2, 0) is 11.2 Å². The minimum absolute atomic E-state index is 0.129. The van der Waals surface area contributed by atoms with Crippen molar-refractivity contribution in [2.45, 2.75) is 12.5 Å². The van der Waals surface area contributed by atoms with Crippen LogP contribution in [0.4, 0.5) is 5.69 Å². The number of carbonyl (C=O) groups excluding carboxylic acids is 2. The lowest BCUT2D eigenvalue weighted by Crippen LogP contribution is -2.32. The quantitative estimate of drug-likeness (QED) is 0.558. The van der Waals surface area contributed by atoms with Crippen molar-refractivity contribution in [2.24, 2.45) is 5.73 Å². The molecule has 2 aromatic carbocycles. The molecule has 0 aliphatic heterocycles. The third-order valence-corrected chi connectivity index (χ3v) is 4.55. The zero-order chi connectivity index (χ0) is 20.6. The second-order valence-electron chi connectivity index (χ2n) is 6.53. The molecule has 0 radical (unpaired) electrons. The van der Waals surface area contributed by atoms with Crippen molar-refractivity contribution in [3.63, 3.8) is 0 Å². The summed E-state index contributed by atoms with van der Waals surface area (Å²) in [6, 6.07) is 17.2. The monoisotopic (exact) mass is 408 g/mol. The Bertz CT molecular complexity index is 978. The maximum atomic E-state index is 12.3. The Labute approximate surface area is 174 Å². The van der Waals surface area contributed by atoms with Crippen LogP contribution >= 0.6 is 11.6 Å². The van der Waals surface area contributed by atoms with Crippen molar-refractivity contribution in [2.75, 3.05) is 11.9 Å². The van der Waals surface area contributed by atoms with Gasteiger partial charge in [-0.05, 0) is 47.5 Å². The molecule has 0 saturated heterocycles. The van der Waals surface area contributed by atoms with Gasteiger partial charge in [0, 0.05) is 41.3 Å². The SMILES string of the molecule is NC(CNC(=O)Cc1cccc(Cl)c1)c1ccc(C(=O)Nc2ccncc2)cc1. The molecule has 3 rings (SSSR count). The van der Waals surface area contributed by atoms with Gasteiger partial charge in [-0.3, -0.25) is 14.6 Å². The Morgan fingerprint density at radius 3 is 2.45 bits per heavy atom. The van der Waals surface area contributed by atoms with Crippen LogP contribution in [0.5, 0.6) is 0 Å². The average Bonchev–Trinajstić information content (AvgIpc) is 2.73. The zero-order valence-corrected chi connectivity index (χ0v) is 16.4. The highest BCUT2D eigenvalue weighted by atomic mass is 35.5. The van der Waals surface area contributed by atoms with Gasteiger partial charge in [-0.2, -0.15) is 0 Å². The number of aromatic nitrogens is 1. The van der Waals surface area contributed by atoms with Crippen molar-refractivity contribution >= 4 is 29.1 Å². The lowest BCUT2D eigenvalue weighted by atomic mass is 10.0. The first-order chi connectivity index (χ1) is 14.0. The number of hydrogen-bond donors (Lipinski definition) is 3. The number of hydrogen-bond acceptors (Lipinski definition) is 4. The van der Waals surface area contributed by atoms with E-state index < -0.39 is 0 Å². The number of nitrogens with zero attached hydrogens (tertiary/aromatic N) is 1. The van der Waals surface area contributed by atoms with Crippen LogP contribution in [0, 0.1) is 0 Å². The van der Waals surface area contributed by atoms with Crippen LogP contribution in [0.3, 0.4) is 0 Å². The van der Waals surface area contributed by atoms with Gasteiger partial charge in [-0.25, -0.2) is 0 Å². The van der Waals surface area contributed by atoms with Crippen LogP contribution in [-0.4, -0.2) is 23.3 Å². The maximum absolute atomic E-state index is 12.3. The lowest BCUT2D eigenvalue weighted by Gasteiger charge is -2.14. The van der Waals surface area contributed by atoms with Crippen molar-refractivity contribution < 1.29 is 9.59 Å². The fraction of sp³-hybridized carbons (Fsp3) is 0.136. The van der Waals surface area contributed by atoms with Crippen LogP contribution < -0.4 is 16.4 Å². The van der Waals surface area contributed by atoms with E-state index in [9.17, 15) is 9.59 Å². The number of anilines is 1. The number of rotatable bonds is 7. The summed E-state index contributed by atoms with van der Waals surface area (Å²) in [5.74, 6) is -0.345. The standard InChI is InChI=1S/C22H21ClN4O2/c23-18-3-1-2-15(12-18)13-21(28)26-14-20(24)16-4-6-17(7-5-16)22(29)27-19-8-10-25-11-9-19/h1-12,20H,13-14,24H2,(H,26,28)(H,25,27,29). The van der Waals surface area contributed by atoms with E-state index in [2.05, 4.69) is 15.6 Å². The predicted octanol–water partition coefficient (Wildman–Crippen LogP) is 3.35. The minimum atomic E-state index is -0.379. The average molecular weight is 409 g/mol. The molecule has 7 heteroatoms. The number of pyridine rings is 1. The van der Waals surface area contributed by atoms with E-state index in [0.29, 0.717) is 22.8 Å². The number of carbonyl (C=O) groups is 2. The number of nitrogens with two attached hydrogens (primary N) is 1. The van der Waals surface area contributed by atoms with E-state index in [0.717, 1.165) is 11.1 Å². The summed E-state index contributed by atoms with van der Waals surface area (Å²) in [6.45, 7) is 0.294. The van der Waals surface area contributed by atoms with Crippen LogP contribution in [0.25, 0.3) is 0 Å². The number of benzene rings is 2. The number of nitrogens with one attached hydrogen (secondary N) is 2. The Hall–Kier alpha value is -3.22. The van der Waals surface area contributed by atoms with Crippen molar-refractivity contribution in [3.05, 3.63) is 94.8 Å². The first-order valence-corrected chi connectivity index (χ1v) is 9.47. The summed E-state index contributed by atoms with van der Waals surface area (Å²) < 4.78 is 0. The van der Waals surface area contributed by atoms with Gasteiger partial charge in [0.15, 0.2) is 0 Å². The topological polar surface area (TPSA) is 97.1 Å². The first kappa shape index (κ1) is 20.5. The summed E-state index contributed by atoms with van der Waals surface area (Å²) >= 11 is 5.93. The van der Waals surface area contributed by atoms with Crippen LogP contribution in [0.15, 0.2) is 73.1 Å². The molecule has 1 heterocycles. The molecule has 1 unspecified atom stereocenters. The molecule has 0 fully saturated rings. The summed E-state index contributed by atoms with van der Waals surface area (Å²) in [5.41, 5.74) is 9.03. The highest BCUT2D eigenvalue weighted by Crippen LogP contribution is 2.14. The molecule has 4 N–H and O–H groups in total. The maximum Gasteiger partial charge on any atom is 0.255 e. The molecule has 0 aliphatic carbocycles. The van der Waals surface area contributed by atoms with Crippen LogP contribution in [0.2, 0.25) is 5.02 Å². The van der Waals surface area contributed by atoms with Gasteiger partial charge in [0.2, 0.25) is 5.91 Å². The number of amides is 2. The second kappa shape index (κ2) is 9.82. The highest BCUT2D eigenvalue weighted by molar-refractivity contribution is 6.30. The van der Waals surface area contributed by atoms with E-state index in [1.54, 1.807) is 60.9 Å². The smallest absolute Gasteiger partial charge is 0.255 e. The Balaban J connectivity index is 1.51. The number of halogens is 1. The van der Waals surface area contributed by atoms with E-state index in [1.165, 1.54) is 0 Å². The van der Waals surface area contributed by atoms with Crippen LogP contribution in [0.1, 0.15) is 27.5 Å². The summed E-state index contributed by atoms with van der Waals surface area (Å²) in [6.07, 6.45) is 3.46. The minimum Gasteiger partial charge on any atom is -0.354 e. The van der Waals surface area contributed by atoms with Crippen molar-refractivity contribution in [1.82, 2.24) is 10.3 Å². The Morgan fingerprint density at radius 1 is 1.03 bits per heavy atom. The van der Waals surface area contributed by atoms with Gasteiger partial charge in [0.05, 0.1) is 6.42 Å². The molecular weight excluding hydrogens is 388 g/mol. The van der Waals surface area contributed by atoms with E-state index in [1.807, 2.05) is 12.1 Å². The largest absolute Gasteiger partial charge is 0.354 e. The molecule has 0 aliphatic rings. The van der Waals surface area contributed by atoms with Gasteiger partial charge in [0.1, 0.15) is 0 Å². The predicted molar refractivity (Wildman–Crippen MR) is 114 cm³/mol. The molecule has 3 aromatic rings. The molecule has 1 aromatic heterocycles. The Kier molecular flexibility index (Phi) is 6.94. The van der Waals surface area contributed by atoms with Gasteiger partial charge < -0.3 is 16.4 Å². The molecule has 6 nitrogen and oxygen atoms in total. The van der Waals surface area contributed by atoms with Gasteiger partial charge in [-0.1, -0.05) is 35.9 Å². The van der Waals surface area contributed by atoms with Gasteiger partial charge in [0.25, 0.3) is 5.91 Å². The lowest BCUT2D eigenvalue weighted by molar-refractivity contribution is -0.120. The summed E-state index contributed by atoms with van der Waals surface area (Å²) in [4.78, 5) is 28.3. The van der Waals surface area contributed by atoms with Crippen molar-refractivity contribution in [1.29, 1.82) is 0 Å². The highest BCUT2D eigenvalue weighted by Gasteiger charge is 2.11. The zero-order valence-electron chi connectivity index (χ0n) is 15.6. The molecule has 0 bridgehead atoms. The molecule has 0 saturated carbocycles. The van der Waals surface area contributed by atoms with Crippen molar-refractivity contribution in [3.8, 4) is 0 Å². The summed E-state index contributed by atoms with van der Waals surface area (Å²) in [5, 5.41) is 6.22. The summed E-state index contributed by atoms with van der Waals surface area (Å²) in [7, 11) is 0. The van der Waals surface area contributed by atoms with Gasteiger partial charge >= 0.3 is 0 Å². The molecule has 29 heavy (non-hydrogen) atoms. The normalized spacial score (nSPS) is 11.5. The van der Waals surface area contributed by atoms with Gasteiger partial charge in [-0.15, -0.1) is 0 Å². The molecule has 1 atom stereocenters. The van der Waals surface area contributed by atoms with E-state index in [4.69, 9.17) is 17.3 Å². The molecule has 2 amide bonds. The fourth-order valence-corrected chi connectivity index (χ4v) is 2.97. The molecular formula is C22H21ClN4O2. The molecule has 148 valence electrons. The first-order valence-electron chi connectivity index (χ1n) is 9.09. The fourth-order valence-electron chi connectivity index (χ4n) is 2.76. The Morgan fingerprint density at radius 2 is 1.76 bits per heavy atom. The third kappa shape index (κ3) is 6.14. The van der Waals surface area contributed by atoms with E-state index >= 15 is 0 Å². The van der Waals surface area contributed by atoms with E-state index in [-0.39, 0.29) is 24.3 Å². The second-order valence-corrected chi connectivity index (χ2v) is 6.97. The molecule has 0 spiro atoms. The third-order valence-electron chi connectivity index (χ3n) is 4.31.